The predicted molar refractivity (Wildman–Crippen MR) is 88.1 cm³/mol. The summed E-state index contributed by atoms with van der Waals surface area (Å²) >= 11 is 2.07. The predicted octanol–water partition coefficient (Wildman–Crippen LogP) is 3.97. The van der Waals surface area contributed by atoms with Gasteiger partial charge in [0.15, 0.2) is 0 Å². The lowest BCUT2D eigenvalue weighted by molar-refractivity contribution is 0.0691. The number of rotatable bonds is 6. The minimum Gasteiger partial charge on any atom is -0.493 e. The van der Waals surface area contributed by atoms with Gasteiger partial charge in [-0.25, -0.2) is 4.79 Å². The zero-order valence-corrected chi connectivity index (χ0v) is 13.7. The largest absolute Gasteiger partial charge is 0.493 e. The number of ether oxygens (including phenoxy) is 2. The second kappa shape index (κ2) is 7.31. The van der Waals surface area contributed by atoms with Gasteiger partial charge in [0.2, 0.25) is 0 Å². The lowest BCUT2D eigenvalue weighted by Crippen LogP contribution is -2.05. The van der Waals surface area contributed by atoms with Crippen molar-refractivity contribution in [3.63, 3.8) is 0 Å². The van der Waals surface area contributed by atoms with Gasteiger partial charge in [0.25, 0.3) is 0 Å². The molecule has 2 aromatic carbocycles. The summed E-state index contributed by atoms with van der Waals surface area (Å²) in [5.41, 5.74) is 1.05. The van der Waals surface area contributed by atoms with Gasteiger partial charge in [0, 0.05) is 9.13 Å². The first kappa shape index (κ1) is 15.6. The molecule has 1 N–H and O–H groups in total. The lowest BCUT2D eigenvalue weighted by atomic mass is 10.2. The molecule has 0 bridgehead atoms. The van der Waals surface area contributed by atoms with Gasteiger partial charge < -0.3 is 14.6 Å². The Morgan fingerprint density at radius 2 is 1.90 bits per heavy atom. The summed E-state index contributed by atoms with van der Waals surface area (Å²) in [6.07, 6.45) is 0. The summed E-state index contributed by atoms with van der Waals surface area (Å²) in [6, 6.07) is 12.6. The average molecular weight is 398 g/mol. The molecule has 0 aliphatic carbocycles. The van der Waals surface area contributed by atoms with Crippen molar-refractivity contribution in [3.05, 3.63) is 57.2 Å². The van der Waals surface area contributed by atoms with E-state index in [-0.39, 0.29) is 12.2 Å². The van der Waals surface area contributed by atoms with Crippen LogP contribution < -0.4 is 9.47 Å². The first-order valence-corrected chi connectivity index (χ1v) is 7.56. The number of aromatic carboxylic acids is 1. The molecule has 0 heterocycles. The molecule has 0 atom stereocenters. The summed E-state index contributed by atoms with van der Waals surface area (Å²) < 4.78 is 12.0. The lowest BCUT2D eigenvalue weighted by Gasteiger charge is -2.13. The molecule has 2 aromatic rings. The molecule has 0 radical (unpaired) electrons. The van der Waals surface area contributed by atoms with Gasteiger partial charge in [0.1, 0.15) is 23.7 Å². The van der Waals surface area contributed by atoms with Crippen LogP contribution in [-0.2, 0) is 6.61 Å². The molecule has 0 unspecified atom stereocenters. The van der Waals surface area contributed by atoms with Crippen molar-refractivity contribution in [1.29, 1.82) is 0 Å². The highest BCUT2D eigenvalue weighted by Crippen LogP contribution is 2.24. The molecule has 0 saturated heterocycles. The highest BCUT2D eigenvalue weighted by atomic mass is 127. The molecule has 0 aromatic heterocycles. The summed E-state index contributed by atoms with van der Waals surface area (Å²) in [7, 11) is 0. The van der Waals surface area contributed by atoms with E-state index in [1.54, 1.807) is 12.1 Å². The van der Waals surface area contributed by atoms with Crippen LogP contribution in [0.1, 0.15) is 22.8 Å². The molecule has 2 rings (SSSR count). The fourth-order valence-corrected chi connectivity index (χ4v) is 2.36. The summed E-state index contributed by atoms with van der Waals surface area (Å²) in [4.78, 5) is 11.2. The van der Waals surface area contributed by atoms with Crippen molar-refractivity contribution in [2.75, 3.05) is 6.61 Å². The van der Waals surface area contributed by atoms with Crippen molar-refractivity contribution in [1.82, 2.24) is 0 Å². The van der Waals surface area contributed by atoms with Crippen molar-refractivity contribution < 1.29 is 19.4 Å². The number of carboxylic acid groups (broad SMARTS) is 1. The molecule has 0 spiro atoms. The van der Waals surface area contributed by atoms with Crippen molar-refractivity contribution in [2.24, 2.45) is 0 Å². The smallest absolute Gasteiger partial charge is 0.339 e. The Morgan fingerprint density at radius 1 is 1.14 bits per heavy atom. The van der Waals surface area contributed by atoms with Gasteiger partial charge in [-0.2, -0.15) is 0 Å². The Hall–Kier alpha value is -1.76. The molecular formula is C16H15IO4. The van der Waals surface area contributed by atoms with E-state index in [0.29, 0.717) is 12.4 Å². The summed E-state index contributed by atoms with van der Waals surface area (Å²) in [5.74, 6) is 0.109. The van der Waals surface area contributed by atoms with Gasteiger partial charge in [-0.3, -0.25) is 0 Å². The van der Waals surface area contributed by atoms with Crippen LogP contribution >= 0.6 is 22.6 Å². The fraction of sp³-hybridized carbons (Fsp3) is 0.188. The third-order valence-electron chi connectivity index (χ3n) is 2.83. The van der Waals surface area contributed by atoms with Crippen LogP contribution in [0.4, 0.5) is 0 Å². The third kappa shape index (κ3) is 4.10. The Balaban J connectivity index is 2.19. The highest BCUT2D eigenvalue weighted by Gasteiger charge is 2.12. The van der Waals surface area contributed by atoms with Crippen molar-refractivity contribution in [2.45, 2.75) is 13.5 Å². The normalized spacial score (nSPS) is 10.2. The van der Waals surface area contributed by atoms with E-state index in [1.807, 2.05) is 37.3 Å². The molecule has 0 aliphatic heterocycles. The number of carboxylic acids is 1. The van der Waals surface area contributed by atoms with E-state index in [1.165, 1.54) is 0 Å². The minimum atomic E-state index is -0.999. The Labute approximate surface area is 136 Å². The van der Waals surface area contributed by atoms with Gasteiger partial charge in [-0.1, -0.05) is 18.2 Å². The molecule has 4 nitrogen and oxygen atoms in total. The molecule has 110 valence electrons. The Bertz CT molecular complexity index is 640. The number of para-hydroxylation sites is 1. The quantitative estimate of drug-likeness (QED) is 0.749. The first-order valence-electron chi connectivity index (χ1n) is 6.48. The van der Waals surface area contributed by atoms with E-state index in [4.69, 9.17) is 9.47 Å². The molecule has 0 aliphatic rings. The topological polar surface area (TPSA) is 55.8 Å². The van der Waals surface area contributed by atoms with Gasteiger partial charge in [-0.15, -0.1) is 0 Å². The first-order chi connectivity index (χ1) is 10.1. The van der Waals surface area contributed by atoms with Crippen LogP contribution in [0.3, 0.4) is 0 Å². The summed E-state index contributed by atoms with van der Waals surface area (Å²) in [5, 5.41) is 9.22. The zero-order valence-electron chi connectivity index (χ0n) is 11.5. The maximum absolute atomic E-state index is 11.2. The molecular weight excluding hydrogens is 383 g/mol. The Kier molecular flexibility index (Phi) is 5.44. The van der Waals surface area contributed by atoms with Crippen LogP contribution in [0.25, 0.3) is 0 Å². The van der Waals surface area contributed by atoms with Gasteiger partial charge in [-0.05, 0) is 53.8 Å². The van der Waals surface area contributed by atoms with Crippen LogP contribution in [-0.4, -0.2) is 17.7 Å². The standard InChI is InChI=1S/C16H15IO4/c1-2-20-14-6-4-3-5-11(14)10-21-15-8-7-12(17)9-13(15)16(18)19/h3-9H,2,10H2,1H3,(H,18,19). The number of hydrogen-bond acceptors (Lipinski definition) is 3. The van der Waals surface area contributed by atoms with E-state index < -0.39 is 5.97 Å². The highest BCUT2D eigenvalue weighted by molar-refractivity contribution is 14.1. The van der Waals surface area contributed by atoms with Crippen LogP contribution in [0.5, 0.6) is 11.5 Å². The molecule has 0 fully saturated rings. The summed E-state index contributed by atoms with van der Waals surface area (Å²) in [6.45, 7) is 2.75. The SMILES string of the molecule is CCOc1ccccc1COc1ccc(I)cc1C(=O)O. The maximum atomic E-state index is 11.2. The van der Waals surface area contributed by atoms with Crippen molar-refractivity contribution in [3.8, 4) is 11.5 Å². The van der Waals surface area contributed by atoms with E-state index in [2.05, 4.69) is 22.6 Å². The van der Waals surface area contributed by atoms with Crippen molar-refractivity contribution >= 4 is 28.6 Å². The van der Waals surface area contributed by atoms with Gasteiger partial charge in [0.05, 0.1) is 6.61 Å². The molecule has 21 heavy (non-hydrogen) atoms. The number of halogens is 1. The molecule has 5 heteroatoms. The minimum absolute atomic E-state index is 0.163. The zero-order chi connectivity index (χ0) is 15.2. The van der Waals surface area contributed by atoms with Crippen LogP contribution in [0.2, 0.25) is 0 Å². The monoisotopic (exact) mass is 398 g/mol. The number of carbonyl (C=O) groups is 1. The van der Waals surface area contributed by atoms with Crippen LogP contribution in [0, 0.1) is 3.57 Å². The van der Waals surface area contributed by atoms with E-state index in [9.17, 15) is 9.90 Å². The van der Waals surface area contributed by atoms with E-state index in [0.717, 1.165) is 14.9 Å². The van der Waals surface area contributed by atoms with E-state index >= 15 is 0 Å². The maximum Gasteiger partial charge on any atom is 0.339 e. The molecule has 0 saturated carbocycles. The molecule has 0 amide bonds. The second-order valence-corrected chi connectivity index (χ2v) is 5.52. The van der Waals surface area contributed by atoms with Gasteiger partial charge >= 0.3 is 5.97 Å². The van der Waals surface area contributed by atoms with Crippen LogP contribution in [0.15, 0.2) is 42.5 Å². The fourth-order valence-electron chi connectivity index (χ4n) is 1.87. The Morgan fingerprint density at radius 3 is 2.62 bits per heavy atom. The average Bonchev–Trinajstić information content (AvgIpc) is 2.47. The second-order valence-electron chi connectivity index (χ2n) is 4.28. The third-order valence-corrected chi connectivity index (χ3v) is 3.50. The number of hydrogen-bond donors (Lipinski definition) is 1. The number of benzene rings is 2.